The number of rotatable bonds is 6. The average Bonchev–Trinajstić information content (AvgIpc) is 3.22. The number of sulfonamides is 1. The van der Waals surface area contributed by atoms with Gasteiger partial charge in [-0.15, -0.1) is 11.3 Å². The number of anilines is 2. The fraction of sp³-hybridized carbons (Fsp3) is 0.100. The number of hydrogen-bond donors (Lipinski definition) is 2. The van der Waals surface area contributed by atoms with Crippen molar-refractivity contribution in [2.24, 2.45) is 0 Å². The minimum absolute atomic E-state index is 0.0836. The second-order valence-corrected chi connectivity index (χ2v) is 9.33. The fourth-order valence-corrected chi connectivity index (χ4v) is 5.05. The van der Waals surface area contributed by atoms with Gasteiger partial charge >= 0.3 is 0 Å². The van der Waals surface area contributed by atoms with Crippen molar-refractivity contribution in [1.29, 1.82) is 0 Å². The molecule has 10 heteroatoms. The van der Waals surface area contributed by atoms with Crippen molar-refractivity contribution in [2.45, 2.75) is 17.9 Å². The molecule has 0 spiro atoms. The van der Waals surface area contributed by atoms with Gasteiger partial charge in [0.1, 0.15) is 10.7 Å². The summed E-state index contributed by atoms with van der Waals surface area (Å²) in [5, 5.41) is 6.74. The summed E-state index contributed by atoms with van der Waals surface area (Å²) in [5.74, 6) is -0.799. The maximum Gasteiger partial charge on any atom is 0.266 e. The van der Waals surface area contributed by atoms with Crippen molar-refractivity contribution in [1.82, 2.24) is 9.97 Å². The third kappa shape index (κ3) is 4.09. The Bertz CT molecular complexity index is 1310. The van der Waals surface area contributed by atoms with Crippen LogP contribution >= 0.6 is 22.9 Å². The molecule has 0 aliphatic rings. The van der Waals surface area contributed by atoms with Crippen LogP contribution in [-0.4, -0.2) is 18.4 Å². The number of pyridine rings is 1. The van der Waals surface area contributed by atoms with Crippen molar-refractivity contribution < 1.29 is 12.8 Å². The van der Waals surface area contributed by atoms with Crippen LogP contribution in [0.2, 0.25) is 5.02 Å². The van der Waals surface area contributed by atoms with Gasteiger partial charge in [-0.1, -0.05) is 29.8 Å². The van der Waals surface area contributed by atoms with Crippen molar-refractivity contribution in [3.8, 4) is 0 Å². The van der Waals surface area contributed by atoms with Crippen LogP contribution in [0.15, 0.2) is 64.6 Å². The molecule has 2 aromatic heterocycles. The van der Waals surface area contributed by atoms with E-state index < -0.39 is 20.7 Å². The van der Waals surface area contributed by atoms with E-state index in [0.29, 0.717) is 0 Å². The molecular weight excluding hydrogens is 447 g/mol. The van der Waals surface area contributed by atoms with Crippen molar-refractivity contribution in [3.63, 3.8) is 0 Å². The first-order valence-corrected chi connectivity index (χ1v) is 11.6. The van der Waals surface area contributed by atoms with E-state index in [2.05, 4.69) is 20.0 Å². The van der Waals surface area contributed by atoms with Crippen LogP contribution < -0.4 is 10.0 Å². The minimum Gasteiger partial charge on any atom is -0.377 e. The molecule has 6 nitrogen and oxygen atoms in total. The van der Waals surface area contributed by atoms with Gasteiger partial charge in [0.05, 0.1) is 16.2 Å². The van der Waals surface area contributed by atoms with Gasteiger partial charge in [-0.05, 0) is 36.1 Å². The van der Waals surface area contributed by atoms with Crippen molar-refractivity contribution >= 4 is 55.2 Å². The number of nitrogens with one attached hydrogen (secondary N) is 2. The molecule has 2 N–H and O–H groups in total. The van der Waals surface area contributed by atoms with Gasteiger partial charge in [-0.25, -0.2) is 17.8 Å². The Morgan fingerprint density at radius 3 is 2.83 bits per heavy atom. The van der Waals surface area contributed by atoms with Gasteiger partial charge in [0.2, 0.25) is 0 Å². The molecule has 0 saturated heterocycles. The summed E-state index contributed by atoms with van der Waals surface area (Å²) in [4.78, 5) is 7.47. The summed E-state index contributed by atoms with van der Waals surface area (Å²) in [7, 11) is -4.16. The van der Waals surface area contributed by atoms with Crippen LogP contribution in [0.1, 0.15) is 18.5 Å². The second kappa shape index (κ2) is 8.17. The number of aromatic nitrogens is 2. The smallest absolute Gasteiger partial charge is 0.266 e. The zero-order valence-electron chi connectivity index (χ0n) is 15.6. The Labute approximate surface area is 181 Å². The number of fused-ring (bicyclic) bond motifs is 1. The van der Waals surface area contributed by atoms with Crippen LogP contribution in [0.25, 0.3) is 10.8 Å². The summed E-state index contributed by atoms with van der Waals surface area (Å²) in [6.07, 6.45) is 3.49. The van der Waals surface area contributed by atoms with Crippen LogP contribution in [-0.2, 0) is 10.0 Å². The lowest BCUT2D eigenvalue weighted by atomic mass is 10.0. The quantitative estimate of drug-likeness (QED) is 0.397. The first-order chi connectivity index (χ1) is 14.3. The predicted octanol–water partition coefficient (Wildman–Crippen LogP) is 5.46. The molecule has 0 amide bonds. The van der Waals surface area contributed by atoms with Crippen LogP contribution in [0.4, 0.5) is 15.9 Å². The monoisotopic (exact) mass is 462 g/mol. The van der Waals surface area contributed by atoms with Gasteiger partial charge in [0.15, 0.2) is 5.82 Å². The van der Waals surface area contributed by atoms with E-state index in [9.17, 15) is 12.8 Å². The highest BCUT2D eigenvalue weighted by atomic mass is 35.5. The first-order valence-electron chi connectivity index (χ1n) is 8.84. The molecule has 0 fully saturated rings. The zero-order valence-corrected chi connectivity index (χ0v) is 18.0. The van der Waals surface area contributed by atoms with E-state index in [4.69, 9.17) is 11.6 Å². The molecule has 0 bridgehead atoms. The summed E-state index contributed by atoms with van der Waals surface area (Å²) < 4.78 is 42.0. The average molecular weight is 463 g/mol. The molecule has 1 atom stereocenters. The predicted molar refractivity (Wildman–Crippen MR) is 118 cm³/mol. The zero-order chi connectivity index (χ0) is 21.3. The Morgan fingerprint density at radius 1 is 1.23 bits per heavy atom. The third-order valence-corrected chi connectivity index (χ3v) is 6.81. The van der Waals surface area contributed by atoms with Crippen LogP contribution in [0.3, 0.4) is 0 Å². The topological polar surface area (TPSA) is 84.0 Å². The Kier molecular flexibility index (Phi) is 5.59. The molecule has 2 heterocycles. The second-order valence-electron chi connectivity index (χ2n) is 6.55. The lowest BCUT2D eigenvalue weighted by Crippen LogP contribution is -2.15. The Hall–Kier alpha value is -2.75. The van der Waals surface area contributed by atoms with E-state index in [1.165, 1.54) is 22.2 Å². The summed E-state index contributed by atoms with van der Waals surface area (Å²) in [6.45, 7) is 1.91. The summed E-state index contributed by atoms with van der Waals surface area (Å²) in [6, 6.07) is 9.70. The highest BCUT2D eigenvalue weighted by molar-refractivity contribution is 7.92. The standard InChI is InChI=1S/C20H16ClFN4O2S2/c1-12(14-4-2-3-13-5-6-23-9-15(13)14)25-18-8-17(22)19(7-16(18)21)30(27,28)26-20-10-29-11-24-20/h2-12,25-26H,1H3. The molecule has 0 saturated carbocycles. The van der Waals surface area contributed by atoms with Gasteiger partial charge in [0.25, 0.3) is 10.0 Å². The van der Waals surface area contributed by atoms with Crippen LogP contribution in [0, 0.1) is 5.82 Å². The number of hydrogen-bond acceptors (Lipinski definition) is 6. The van der Waals surface area contributed by atoms with Crippen molar-refractivity contribution in [2.75, 3.05) is 10.0 Å². The van der Waals surface area contributed by atoms with Gasteiger partial charge in [-0.2, -0.15) is 0 Å². The largest absolute Gasteiger partial charge is 0.377 e. The number of benzene rings is 2. The van der Waals surface area contributed by atoms with E-state index in [1.54, 1.807) is 12.4 Å². The van der Waals surface area contributed by atoms with Gasteiger partial charge in [0, 0.05) is 29.2 Å². The highest BCUT2D eigenvalue weighted by Crippen LogP contribution is 2.33. The maximum absolute atomic E-state index is 14.7. The Balaban J connectivity index is 1.63. The van der Waals surface area contributed by atoms with Gasteiger partial charge < -0.3 is 5.32 Å². The Morgan fingerprint density at radius 2 is 2.07 bits per heavy atom. The molecule has 0 aliphatic heterocycles. The maximum atomic E-state index is 14.7. The molecule has 1 unspecified atom stereocenters. The number of nitrogens with zero attached hydrogens (tertiary/aromatic N) is 2. The third-order valence-electron chi connectivity index (χ3n) is 4.54. The fourth-order valence-electron chi connectivity index (χ4n) is 3.13. The highest BCUT2D eigenvalue weighted by Gasteiger charge is 2.23. The van der Waals surface area contributed by atoms with Gasteiger partial charge in [-0.3, -0.25) is 9.71 Å². The molecule has 2 aromatic carbocycles. The molecule has 4 aromatic rings. The molecule has 4 rings (SSSR count). The molecular formula is C20H16ClFN4O2S2. The molecule has 0 radical (unpaired) electrons. The van der Waals surface area contributed by atoms with Crippen LogP contribution in [0.5, 0.6) is 0 Å². The lowest BCUT2D eigenvalue weighted by molar-refractivity contribution is 0.570. The van der Waals surface area contributed by atoms with E-state index in [0.717, 1.165) is 28.5 Å². The molecule has 0 aliphatic carbocycles. The normalized spacial score (nSPS) is 12.6. The van der Waals surface area contributed by atoms with E-state index in [1.807, 2.05) is 31.2 Å². The van der Waals surface area contributed by atoms with Crippen molar-refractivity contribution in [3.05, 3.63) is 76.1 Å². The number of halogens is 2. The minimum atomic E-state index is -4.16. The van der Waals surface area contributed by atoms with E-state index >= 15 is 0 Å². The summed E-state index contributed by atoms with van der Waals surface area (Å²) in [5.41, 5.74) is 2.72. The van der Waals surface area contributed by atoms with E-state index in [-0.39, 0.29) is 22.6 Å². The molecule has 154 valence electrons. The summed E-state index contributed by atoms with van der Waals surface area (Å²) >= 11 is 7.51. The first kappa shape index (κ1) is 20.5. The lowest BCUT2D eigenvalue weighted by Gasteiger charge is -2.19. The molecule has 30 heavy (non-hydrogen) atoms. The number of thiazole rings is 1. The SMILES string of the molecule is CC(Nc1cc(F)c(S(=O)(=O)Nc2cscn2)cc1Cl)c1cccc2ccncc12.